The maximum Gasteiger partial charge on any atom is 0.512 e. The second-order valence-corrected chi connectivity index (χ2v) is 8.52. The Morgan fingerprint density at radius 2 is 1.77 bits per heavy atom. The van der Waals surface area contributed by atoms with Crippen molar-refractivity contribution >= 4 is 39.6 Å². The van der Waals surface area contributed by atoms with E-state index in [4.69, 9.17) is 21.1 Å². The zero-order valence-electron chi connectivity index (χ0n) is 18.9. The molecule has 2 N–H and O–H groups in total. The Hall–Kier alpha value is -4.10. The number of para-hydroxylation sites is 2. The lowest BCUT2D eigenvalue weighted by atomic mass is 9.97. The molecule has 0 radical (unpaired) electrons. The molecule has 0 spiro atoms. The molecule has 0 fully saturated rings. The quantitative estimate of drug-likeness (QED) is 0.193. The van der Waals surface area contributed by atoms with Gasteiger partial charge in [-0.15, -0.1) is 0 Å². The molecule has 5 rings (SSSR count). The van der Waals surface area contributed by atoms with Crippen LogP contribution in [0, 0.1) is 6.92 Å². The first-order valence-electron chi connectivity index (χ1n) is 11.2. The fourth-order valence-corrected chi connectivity index (χ4v) is 4.56. The Kier molecular flexibility index (Phi) is 6.25. The maximum absolute atomic E-state index is 11.4. The number of aromatic amines is 1. The van der Waals surface area contributed by atoms with Crippen molar-refractivity contribution in [3.05, 3.63) is 83.1 Å². The van der Waals surface area contributed by atoms with Gasteiger partial charge in [0.2, 0.25) is 11.8 Å². The molecular formula is C27H22ClN3O4. The van der Waals surface area contributed by atoms with Crippen LogP contribution < -0.4 is 9.47 Å². The SMILES string of the molecule is Cc1ccccc1-c1cccc2c(CCCOc3ncnc4c(Cl)cccc34)c(OC(=O)O)[nH]c12. The average Bonchev–Trinajstić information content (AvgIpc) is 3.19. The summed E-state index contributed by atoms with van der Waals surface area (Å²) in [6.45, 7) is 2.42. The number of hydrogen-bond donors (Lipinski definition) is 2. The number of nitrogens with one attached hydrogen (secondary N) is 1. The van der Waals surface area contributed by atoms with Crippen molar-refractivity contribution in [2.45, 2.75) is 19.8 Å². The van der Waals surface area contributed by atoms with Crippen molar-refractivity contribution in [3.63, 3.8) is 0 Å². The fourth-order valence-electron chi connectivity index (χ4n) is 4.33. The summed E-state index contributed by atoms with van der Waals surface area (Å²) >= 11 is 6.23. The van der Waals surface area contributed by atoms with Crippen LogP contribution in [-0.4, -0.2) is 32.8 Å². The van der Waals surface area contributed by atoms with Gasteiger partial charge in [0, 0.05) is 16.5 Å². The minimum Gasteiger partial charge on any atom is -0.477 e. The van der Waals surface area contributed by atoms with Crippen LogP contribution in [0.3, 0.4) is 0 Å². The Labute approximate surface area is 206 Å². The molecule has 0 aliphatic carbocycles. The molecule has 3 aromatic carbocycles. The monoisotopic (exact) mass is 487 g/mol. The van der Waals surface area contributed by atoms with Gasteiger partial charge >= 0.3 is 6.16 Å². The number of rotatable bonds is 7. The molecule has 176 valence electrons. The number of H-pyrrole nitrogens is 1. The van der Waals surface area contributed by atoms with Gasteiger partial charge in [0.05, 0.1) is 28.0 Å². The molecule has 5 aromatic rings. The highest BCUT2D eigenvalue weighted by atomic mass is 35.5. The third-order valence-electron chi connectivity index (χ3n) is 5.92. The zero-order chi connectivity index (χ0) is 24.4. The molecule has 35 heavy (non-hydrogen) atoms. The van der Waals surface area contributed by atoms with Crippen molar-refractivity contribution in [2.75, 3.05) is 6.61 Å². The molecule has 0 aliphatic heterocycles. The van der Waals surface area contributed by atoms with Crippen LogP contribution in [0.15, 0.2) is 67.0 Å². The number of halogens is 1. The highest BCUT2D eigenvalue weighted by Gasteiger charge is 2.18. The van der Waals surface area contributed by atoms with Crippen LogP contribution in [0.1, 0.15) is 17.5 Å². The number of ether oxygens (including phenoxy) is 2. The third kappa shape index (κ3) is 4.50. The average molecular weight is 488 g/mol. The van der Waals surface area contributed by atoms with Crippen molar-refractivity contribution in [1.29, 1.82) is 0 Å². The third-order valence-corrected chi connectivity index (χ3v) is 6.22. The van der Waals surface area contributed by atoms with Gasteiger partial charge in [-0.05, 0) is 43.0 Å². The van der Waals surface area contributed by atoms with Gasteiger partial charge in [0.25, 0.3) is 0 Å². The van der Waals surface area contributed by atoms with E-state index in [0.717, 1.165) is 38.5 Å². The van der Waals surface area contributed by atoms with Gasteiger partial charge in [-0.1, -0.05) is 60.1 Å². The summed E-state index contributed by atoms with van der Waals surface area (Å²) in [5.41, 5.74) is 5.45. The van der Waals surface area contributed by atoms with Crippen molar-refractivity contribution in [2.24, 2.45) is 0 Å². The normalized spacial score (nSPS) is 11.1. The number of carboxylic acid groups (broad SMARTS) is 1. The summed E-state index contributed by atoms with van der Waals surface area (Å²) in [6.07, 6.45) is 1.22. The van der Waals surface area contributed by atoms with Crippen LogP contribution in [0.2, 0.25) is 5.02 Å². The standard InChI is InChI=1S/C27H22ClN3O4/c1-16-7-2-3-8-17(16)18-9-4-10-19-20(26(31-23(18)19)35-27(32)33)12-6-14-34-25-21-11-5-13-22(28)24(21)29-15-30-25/h2-5,7-11,13,15,31H,6,12,14H2,1H3,(H,32,33). The molecule has 7 nitrogen and oxygen atoms in total. The van der Waals surface area contributed by atoms with E-state index >= 15 is 0 Å². The highest BCUT2D eigenvalue weighted by Crippen LogP contribution is 2.37. The summed E-state index contributed by atoms with van der Waals surface area (Å²) in [7, 11) is 0. The summed E-state index contributed by atoms with van der Waals surface area (Å²) in [6, 6.07) is 19.5. The first-order valence-corrected chi connectivity index (χ1v) is 11.5. The summed E-state index contributed by atoms with van der Waals surface area (Å²) in [5.74, 6) is 0.688. The number of aryl methyl sites for hydroxylation is 2. The molecule has 2 heterocycles. The Bertz CT molecular complexity index is 1550. The second kappa shape index (κ2) is 9.64. The van der Waals surface area contributed by atoms with Crippen molar-refractivity contribution in [3.8, 4) is 22.9 Å². The Morgan fingerprint density at radius 1 is 1.00 bits per heavy atom. The fraction of sp³-hybridized carbons (Fsp3) is 0.148. The lowest BCUT2D eigenvalue weighted by Gasteiger charge is -2.09. The van der Waals surface area contributed by atoms with E-state index in [-0.39, 0.29) is 5.88 Å². The van der Waals surface area contributed by atoms with Crippen LogP contribution in [0.25, 0.3) is 32.9 Å². The number of fused-ring (bicyclic) bond motifs is 2. The Morgan fingerprint density at radius 3 is 2.60 bits per heavy atom. The van der Waals surface area contributed by atoms with E-state index in [1.165, 1.54) is 6.33 Å². The number of benzene rings is 3. The summed E-state index contributed by atoms with van der Waals surface area (Å²) in [4.78, 5) is 23.0. The van der Waals surface area contributed by atoms with E-state index in [9.17, 15) is 9.90 Å². The lowest BCUT2D eigenvalue weighted by Crippen LogP contribution is -2.06. The number of nitrogens with zero attached hydrogens (tertiary/aromatic N) is 2. The zero-order valence-corrected chi connectivity index (χ0v) is 19.7. The minimum atomic E-state index is -1.36. The van der Waals surface area contributed by atoms with Crippen molar-refractivity contribution < 1.29 is 19.4 Å². The molecule has 0 saturated carbocycles. The highest BCUT2D eigenvalue weighted by molar-refractivity contribution is 6.35. The van der Waals surface area contributed by atoms with E-state index in [1.54, 1.807) is 6.07 Å². The predicted molar refractivity (Wildman–Crippen MR) is 135 cm³/mol. The molecular weight excluding hydrogens is 466 g/mol. The largest absolute Gasteiger partial charge is 0.512 e. The van der Waals surface area contributed by atoms with E-state index in [2.05, 4.69) is 21.0 Å². The van der Waals surface area contributed by atoms with Gasteiger partial charge in [-0.3, -0.25) is 0 Å². The topological polar surface area (TPSA) is 97.3 Å². The molecule has 0 saturated heterocycles. The smallest absolute Gasteiger partial charge is 0.477 e. The van der Waals surface area contributed by atoms with Crippen molar-refractivity contribution in [1.82, 2.24) is 15.0 Å². The van der Waals surface area contributed by atoms with E-state index in [1.807, 2.05) is 55.5 Å². The number of hydrogen-bond acceptors (Lipinski definition) is 5. The van der Waals surface area contributed by atoms with E-state index < -0.39 is 6.16 Å². The molecule has 0 unspecified atom stereocenters. The van der Waals surface area contributed by atoms with Gasteiger partial charge < -0.3 is 19.6 Å². The first kappa shape index (κ1) is 22.7. The number of carbonyl (C=O) groups is 1. The molecule has 8 heteroatoms. The molecule has 0 amide bonds. The predicted octanol–water partition coefficient (Wildman–Crippen LogP) is 6.81. The second-order valence-electron chi connectivity index (χ2n) is 8.11. The molecule has 2 aromatic heterocycles. The molecule has 0 bridgehead atoms. The van der Waals surface area contributed by atoms with Crippen LogP contribution in [0.4, 0.5) is 4.79 Å². The van der Waals surface area contributed by atoms with Crippen LogP contribution in [-0.2, 0) is 6.42 Å². The minimum absolute atomic E-state index is 0.229. The first-order chi connectivity index (χ1) is 17.0. The lowest BCUT2D eigenvalue weighted by molar-refractivity contribution is 0.142. The van der Waals surface area contributed by atoms with Gasteiger partial charge in [-0.2, -0.15) is 0 Å². The number of aromatic nitrogens is 3. The molecule has 0 atom stereocenters. The van der Waals surface area contributed by atoms with Crippen LogP contribution in [0.5, 0.6) is 11.8 Å². The summed E-state index contributed by atoms with van der Waals surface area (Å²) in [5, 5.41) is 11.5. The van der Waals surface area contributed by atoms with Gasteiger partial charge in [-0.25, -0.2) is 14.8 Å². The maximum atomic E-state index is 11.4. The van der Waals surface area contributed by atoms with E-state index in [0.29, 0.717) is 35.9 Å². The summed E-state index contributed by atoms with van der Waals surface area (Å²) < 4.78 is 11.1. The van der Waals surface area contributed by atoms with Crippen LogP contribution >= 0.6 is 11.6 Å². The van der Waals surface area contributed by atoms with Gasteiger partial charge in [0.15, 0.2) is 0 Å². The van der Waals surface area contributed by atoms with Gasteiger partial charge in [0.1, 0.15) is 6.33 Å². The Balaban J connectivity index is 1.42. The molecule has 0 aliphatic rings.